The molecule has 0 saturated carbocycles. The molecule has 0 bridgehead atoms. The van der Waals surface area contributed by atoms with Gasteiger partial charge >= 0.3 is 0 Å². The highest BCUT2D eigenvalue weighted by Crippen LogP contribution is 2.24. The number of hydrogen-bond acceptors (Lipinski definition) is 3. The normalized spacial score (nSPS) is 12.4. The number of aliphatic hydroxyl groups is 1. The SMILES string of the molecule is CCCn1ncc(Br)c1C(=O)C(O)c1ccccc1. The van der Waals surface area contributed by atoms with E-state index in [2.05, 4.69) is 21.0 Å². The molecule has 5 heteroatoms. The Balaban J connectivity index is 2.32. The largest absolute Gasteiger partial charge is 0.380 e. The van der Waals surface area contributed by atoms with Gasteiger partial charge in [0.2, 0.25) is 5.78 Å². The third-order valence-corrected chi connectivity index (χ3v) is 3.41. The van der Waals surface area contributed by atoms with E-state index in [1.54, 1.807) is 35.1 Å². The summed E-state index contributed by atoms with van der Waals surface area (Å²) >= 11 is 3.31. The van der Waals surface area contributed by atoms with Gasteiger partial charge in [0.05, 0.1) is 10.7 Å². The molecule has 2 aromatic rings. The first-order valence-electron chi connectivity index (χ1n) is 6.13. The van der Waals surface area contributed by atoms with E-state index in [4.69, 9.17) is 0 Å². The minimum Gasteiger partial charge on any atom is -0.380 e. The maximum Gasteiger partial charge on any atom is 0.214 e. The molecule has 0 saturated heterocycles. The van der Waals surface area contributed by atoms with E-state index in [1.165, 1.54) is 0 Å². The Kier molecular flexibility index (Phi) is 4.50. The van der Waals surface area contributed by atoms with Gasteiger partial charge in [-0.25, -0.2) is 0 Å². The number of carbonyl (C=O) groups is 1. The molecule has 1 aromatic heterocycles. The number of carbonyl (C=O) groups excluding carboxylic acids is 1. The topological polar surface area (TPSA) is 55.1 Å². The number of aliphatic hydroxyl groups excluding tert-OH is 1. The van der Waals surface area contributed by atoms with Crippen LogP contribution < -0.4 is 0 Å². The predicted octanol–water partition coefficient (Wildman–Crippen LogP) is 2.97. The van der Waals surface area contributed by atoms with Crippen molar-refractivity contribution in [3.05, 3.63) is 52.3 Å². The second kappa shape index (κ2) is 6.12. The van der Waals surface area contributed by atoms with Crippen molar-refractivity contribution in [2.45, 2.75) is 26.0 Å². The fraction of sp³-hybridized carbons (Fsp3) is 0.286. The van der Waals surface area contributed by atoms with Gasteiger partial charge in [0.1, 0.15) is 11.8 Å². The molecule has 1 N–H and O–H groups in total. The predicted molar refractivity (Wildman–Crippen MR) is 76.0 cm³/mol. The Labute approximate surface area is 120 Å². The molecule has 1 atom stereocenters. The van der Waals surface area contributed by atoms with Crippen molar-refractivity contribution in [2.75, 3.05) is 0 Å². The zero-order chi connectivity index (χ0) is 13.8. The Bertz CT molecular complexity index is 566. The first-order chi connectivity index (χ1) is 9.15. The number of nitrogens with zero attached hydrogens (tertiary/aromatic N) is 2. The fourth-order valence-electron chi connectivity index (χ4n) is 1.90. The van der Waals surface area contributed by atoms with Crippen LogP contribution in [-0.2, 0) is 6.54 Å². The Hall–Kier alpha value is -1.46. The highest BCUT2D eigenvalue weighted by molar-refractivity contribution is 9.10. The lowest BCUT2D eigenvalue weighted by atomic mass is 10.0. The standard InChI is InChI=1S/C14H15BrN2O2/c1-2-8-17-12(11(15)9-16-17)14(19)13(18)10-6-4-3-5-7-10/h3-7,9,13,18H,2,8H2,1H3. The van der Waals surface area contributed by atoms with Crippen LogP contribution in [0, 0.1) is 0 Å². The summed E-state index contributed by atoms with van der Waals surface area (Å²) in [7, 11) is 0. The van der Waals surface area contributed by atoms with Crippen LogP contribution in [0.1, 0.15) is 35.5 Å². The number of benzene rings is 1. The molecule has 0 aliphatic heterocycles. The smallest absolute Gasteiger partial charge is 0.214 e. The molecule has 0 radical (unpaired) electrons. The lowest BCUT2D eigenvalue weighted by Gasteiger charge is -2.12. The molecule has 0 aliphatic carbocycles. The minimum absolute atomic E-state index is 0.343. The first kappa shape index (κ1) is 14.0. The van der Waals surface area contributed by atoms with Crippen LogP contribution in [0.4, 0.5) is 0 Å². The molecule has 4 nitrogen and oxygen atoms in total. The maximum atomic E-state index is 12.4. The van der Waals surface area contributed by atoms with Gasteiger partial charge in [-0.3, -0.25) is 9.48 Å². The van der Waals surface area contributed by atoms with Gasteiger partial charge in [0.15, 0.2) is 0 Å². The molecule has 100 valence electrons. The van der Waals surface area contributed by atoms with E-state index in [-0.39, 0.29) is 5.78 Å². The first-order valence-corrected chi connectivity index (χ1v) is 6.93. The van der Waals surface area contributed by atoms with Gasteiger partial charge in [-0.15, -0.1) is 0 Å². The van der Waals surface area contributed by atoms with Crippen molar-refractivity contribution in [1.82, 2.24) is 9.78 Å². The molecule has 2 rings (SSSR count). The average molecular weight is 323 g/mol. The number of hydrogen-bond donors (Lipinski definition) is 1. The van der Waals surface area contributed by atoms with Gasteiger partial charge in [-0.1, -0.05) is 37.3 Å². The number of aromatic nitrogens is 2. The molecule has 0 fully saturated rings. The summed E-state index contributed by atoms with van der Waals surface area (Å²) in [6.07, 6.45) is 1.29. The number of rotatable bonds is 5. The van der Waals surface area contributed by atoms with Crippen LogP contribution >= 0.6 is 15.9 Å². The van der Waals surface area contributed by atoms with E-state index >= 15 is 0 Å². The fourth-order valence-corrected chi connectivity index (χ4v) is 2.40. The molecule has 1 heterocycles. The average Bonchev–Trinajstić information content (AvgIpc) is 2.80. The summed E-state index contributed by atoms with van der Waals surface area (Å²) in [6.45, 7) is 2.66. The third kappa shape index (κ3) is 2.93. The van der Waals surface area contributed by atoms with Crippen molar-refractivity contribution in [3.63, 3.8) is 0 Å². The molecular formula is C14H15BrN2O2. The highest BCUT2D eigenvalue weighted by Gasteiger charge is 2.25. The van der Waals surface area contributed by atoms with E-state index in [0.29, 0.717) is 22.3 Å². The van der Waals surface area contributed by atoms with E-state index in [9.17, 15) is 9.90 Å². The van der Waals surface area contributed by atoms with Crippen LogP contribution in [0.5, 0.6) is 0 Å². The maximum absolute atomic E-state index is 12.4. The van der Waals surface area contributed by atoms with Crippen LogP contribution in [-0.4, -0.2) is 20.7 Å². The summed E-state index contributed by atoms with van der Waals surface area (Å²) in [5, 5.41) is 14.3. The van der Waals surface area contributed by atoms with Crippen molar-refractivity contribution in [1.29, 1.82) is 0 Å². The quantitative estimate of drug-likeness (QED) is 0.861. The second-order valence-electron chi connectivity index (χ2n) is 4.24. The van der Waals surface area contributed by atoms with E-state index < -0.39 is 6.10 Å². The molecule has 0 amide bonds. The van der Waals surface area contributed by atoms with Gasteiger partial charge in [0.25, 0.3) is 0 Å². The molecule has 19 heavy (non-hydrogen) atoms. The lowest BCUT2D eigenvalue weighted by Crippen LogP contribution is -2.18. The van der Waals surface area contributed by atoms with Crippen molar-refractivity contribution in [2.24, 2.45) is 0 Å². The summed E-state index contributed by atoms with van der Waals surface area (Å²) in [6, 6.07) is 8.90. The summed E-state index contributed by atoms with van der Waals surface area (Å²) in [5.74, 6) is -0.343. The lowest BCUT2D eigenvalue weighted by molar-refractivity contribution is 0.0734. The molecule has 1 aromatic carbocycles. The molecular weight excluding hydrogens is 308 g/mol. The van der Waals surface area contributed by atoms with Crippen molar-refractivity contribution >= 4 is 21.7 Å². The summed E-state index contributed by atoms with van der Waals surface area (Å²) in [5.41, 5.74) is 1.00. The van der Waals surface area contributed by atoms with Crippen LogP contribution in [0.15, 0.2) is 41.0 Å². The molecule has 0 aliphatic rings. The van der Waals surface area contributed by atoms with Crippen LogP contribution in [0.2, 0.25) is 0 Å². The Morgan fingerprint density at radius 1 is 1.42 bits per heavy atom. The Morgan fingerprint density at radius 2 is 2.11 bits per heavy atom. The third-order valence-electron chi connectivity index (χ3n) is 2.83. The van der Waals surface area contributed by atoms with Crippen LogP contribution in [0.25, 0.3) is 0 Å². The van der Waals surface area contributed by atoms with Crippen molar-refractivity contribution < 1.29 is 9.90 Å². The van der Waals surface area contributed by atoms with Gasteiger partial charge in [0, 0.05) is 6.54 Å². The minimum atomic E-state index is -1.16. The number of aryl methyl sites for hydroxylation is 1. The van der Waals surface area contributed by atoms with Gasteiger partial charge in [-0.05, 0) is 27.9 Å². The van der Waals surface area contributed by atoms with Gasteiger partial charge in [-0.2, -0.15) is 5.10 Å². The molecule has 1 unspecified atom stereocenters. The highest BCUT2D eigenvalue weighted by atomic mass is 79.9. The van der Waals surface area contributed by atoms with Crippen LogP contribution in [0.3, 0.4) is 0 Å². The monoisotopic (exact) mass is 322 g/mol. The van der Waals surface area contributed by atoms with E-state index in [1.807, 2.05) is 13.0 Å². The number of Topliss-reactive ketones (excluding diaryl/α,β-unsaturated/α-hetero) is 1. The van der Waals surface area contributed by atoms with Crippen molar-refractivity contribution in [3.8, 4) is 0 Å². The molecule has 0 spiro atoms. The number of ketones is 1. The zero-order valence-electron chi connectivity index (χ0n) is 10.6. The summed E-state index contributed by atoms with van der Waals surface area (Å²) in [4.78, 5) is 12.4. The zero-order valence-corrected chi connectivity index (χ0v) is 12.2. The second-order valence-corrected chi connectivity index (χ2v) is 5.10. The summed E-state index contributed by atoms with van der Waals surface area (Å²) < 4.78 is 2.24. The van der Waals surface area contributed by atoms with Gasteiger partial charge < -0.3 is 5.11 Å². The van der Waals surface area contributed by atoms with E-state index in [0.717, 1.165) is 6.42 Å². The Morgan fingerprint density at radius 3 is 2.74 bits per heavy atom. The number of halogens is 1.